The summed E-state index contributed by atoms with van der Waals surface area (Å²) in [5.41, 5.74) is 5.37. The third-order valence-electron chi connectivity index (χ3n) is 6.21. The zero-order valence-corrected chi connectivity index (χ0v) is 22.7. The Labute approximate surface area is 230 Å². The molecule has 0 unspecified atom stereocenters. The number of carbonyl (C=O) groups excluding carboxylic acids is 3. The number of imidazole rings is 1. The van der Waals surface area contributed by atoms with Gasteiger partial charge in [-0.05, 0) is 56.0 Å². The number of aryl methyl sites for hydroxylation is 2. The molecule has 3 aromatic carbocycles. The van der Waals surface area contributed by atoms with Crippen molar-refractivity contribution in [2.75, 3.05) is 17.7 Å². The van der Waals surface area contributed by atoms with Crippen LogP contribution in [0.15, 0.2) is 72.8 Å². The van der Waals surface area contributed by atoms with Gasteiger partial charge in [0.25, 0.3) is 0 Å². The summed E-state index contributed by atoms with van der Waals surface area (Å²) in [5.74, 6) is 1.15. The zero-order valence-electron chi connectivity index (χ0n) is 22.7. The van der Waals surface area contributed by atoms with Crippen molar-refractivity contribution in [1.82, 2.24) is 9.97 Å². The number of ether oxygens (including phenoxy) is 1. The maximum Gasteiger partial charge on any atom is 0.227 e. The second-order valence-electron chi connectivity index (χ2n) is 8.99. The lowest BCUT2D eigenvalue weighted by atomic mass is 10.1. The molecular formula is C31H38N4O4. The molecule has 1 aromatic heterocycles. The van der Waals surface area contributed by atoms with Crippen LogP contribution in [0, 0.1) is 6.92 Å². The molecule has 1 aliphatic carbocycles. The van der Waals surface area contributed by atoms with Crippen LogP contribution in [-0.4, -0.2) is 42.6 Å². The first-order chi connectivity index (χ1) is 19.1. The summed E-state index contributed by atoms with van der Waals surface area (Å²) in [6.07, 6.45) is 6.60. The van der Waals surface area contributed by atoms with Crippen molar-refractivity contribution in [3.05, 3.63) is 83.9 Å². The number of fused-ring (bicyclic) bond motifs is 1. The van der Waals surface area contributed by atoms with Crippen LogP contribution in [0.25, 0.3) is 11.0 Å². The maximum absolute atomic E-state index is 12.0. The van der Waals surface area contributed by atoms with Gasteiger partial charge in [0.15, 0.2) is 0 Å². The van der Waals surface area contributed by atoms with Crippen molar-refractivity contribution < 1.29 is 19.1 Å². The number of rotatable bonds is 7. The molecule has 1 fully saturated rings. The Morgan fingerprint density at radius 3 is 2.28 bits per heavy atom. The molecule has 8 heteroatoms. The third kappa shape index (κ3) is 10.4. The molecule has 39 heavy (non-hydrogen) atoms. The van der Waals surface area contributed by atoms with Gasteiger partial charge in [-0.25, -0.2) is 4.98 Å². The minimum Gasteiger partial charge on any atom is -0.497 e. The molecule has 206 valence electrons. The van der Waals surface area contributed by atoms with Gasteiger partial charge in [0.1, 0.15) is 19.3 Å². The first-order valence-electron chi connectivity index (χ1n) is 12.9. The standard InChI is InChI=1S/C17H17N3O2.C12H17N.2CH2O/c1-22-13-8-9-14-15(11-13)19-17(18-14)20-16(21)10-7-12-5-3-2-4-6-12;1-10-6-8-12(9-7-10)13-11-4-2-3-5-11;2*1-2/h2-6,8-9,11H,7,10H2,1H3,(H2,18,19,20,21);6-9,11,13H,2-5H2,1H3;2*1H2. The summed E-state index contributed by atoms with van der Waals surface area (Å²) in [5, 5.41) is 6.36. The van der Waals surface area contributed by atoms with Gasteiger partial charge < -0.3 is 24.6 Å². The molecule has 1 amide bonds. The minimum absolute atomic E-state index is 0.0603. The number of nitrogens with one attached hydrogen (secondary N) is 3. The predicted molar refractivity (Wildman–Crippen MR) is 157 cm³/mol. The molecule has 0 saturated heterocycles. The highest BCUT2D eigenvalue weighted by molar-refractivity contribution is 5.91. The number of anilines is 2. The lowest BCUT2D eigenvalue weighted by molar-refractivity contribution is -0.116. The van der Waals surface area contributed by atoms with E-state index in [2.05, 4.69) is 51.8 Å². The van der Waals surface area contributed by atoms with Crippen molar-refractivity contribution >= 4 is 42.2 Å². The van der Waals surface area contributed by atoms with Crippen LogP contribution >= 0.6 is 0 Å². The zero-order chi connectivity index (χ0) is 28.5. The Bertz CT molecular complexity index is 1250. The van der Waals surface area contributed by atoms with Crippen LogP contribution in [0.3, 0.4) is 0 Å². The molecule has 0 radical (unpaired) electrons. The lowest BCUT2D eigenvalue weighted by Crippen LogP contribution is -2.14. The van der Waals surface area contributed by atoms with Crippen molar-refractivity contribution in [1.29, 1.82) is 0 Å². The highest BCUT2D eigenvalue weighted by atomic mass is 16.5. The first-order valence-corrected chi connectivity index (χ1v) is 12.9. The summed E-state index contributed by atoms with van der Waals surface area (Å²) < 4.78 is 5.17. The number of methoxy groups -OCH3 is 1. The molecule has 0 bridgehead atoms. The van der Waals surface area contributed by atoms with E-state index in [1.54, 1.807) is 7.11 Å². The molecule has 0 aliphatic heterocycles. The van der Waals surface area contributed by atoms with Gasteiger partial charge in [0, 0.05) is 24.2 Å². The summed E-state index contributed by atoms with van der Waals surface area (Å²) in [6, 6.07) is 24.9. The number of hydrogen-bond acceptors (Lipinski definition) is 6. The van der Waals surface area contributed by atoms with Gasteiger partial charge in [0.2, 0.25) is 11.9 Å². The molecule has 1 saturated carbocycles. The fourth-order valence-corrected chi connectivity index (χ4v) is 4.23. The van der Waals surface area contributed by atoms with E-state index < -0.39 is 0 Å². The smallest absolute Gasteiger partial charge is 0.227 e. The van der Waals surface area contributed by atoms with Crippen LogP contribution < -0.4 is 15.4 Å². The van der Waals surface area contributed by atoms with Crippen LogP contribution in [0.2, 0.25) is 0 Å². The average Bonchev–Trinajstić information content (AvgIpc) is 3.65. The Morgan fingerprint density at radius 2 is 1.64 bits per heavy atom. The number of nitrogens with zero attached hydrogens (tertiary/aromatic N) is 1. The quantitative estimate of drug-likeness (QED) is 0.265. The second-order valence-corrected chi connectivity index (χ2v) is 8.99. The van der Waals surface area contributed by atoms with Crippen LogP contribution in [0.4, 0.5) is 11.6 Å². The fraction of sp³-hybridized carbons (Fsp3) is 0.290. The van der Waals surface area contributed by atoms with Crippen LogP contribution in [-0.2, 0) is 20.8 Å². The van der Waals surface area contributed by atoms with Crippen molar-refractivity contribution in [3.63, 3.8) is 0 Å². The molecule has 3 N–H and O–H groups in total. The summed E-state index contributed by atoms with van der Waals surface area (Å²) >= 11 is 0. The minimum atomic E-state index is -0.0603. The van der Waals surface area contributed by atoms with Gasteiger partial charge >= 0.3 is 0 Å². The Hall–Kier alpha value is -4.46. The van der Waals surface area contributed by atoms with E-state index in [1.165, 1.54) is 36.9 Å². The number of aromatic nitrogens is 2. The summed E-state index contributed by atoms with van der Waals surface area (Å²) in [7, 11) is 1.61. The summed E-state index contributed by atoms with van der Waals surface area (Å²) in [6.45, 7) is 6.12. The molecule has 0 spiro atoms. The van der Waals surface area contributed by atoms with E-state index in [4.69, 9.17) is 14.3 Å². The van der Waals surface area contributed by atoms with Crippen LogP contribution in [0.1, 0.15) is 43.2 Å². The molecule has 1 heterocycles. The average molecular weight is 531 g/mol. The number of carbonyl (C=O) groups is 3. The van der Waals surface area contributed by atoms with E-state index >= 15 is 0 Å². The molecule has 0 atom stereocenters. The summed E-state index contributed by atoms with van der Waals surface area (Å²) in [4.78, 5) is 35.4. The van der Waals surface area contributed by atoms with Crippen molar-refractivity contribution in [2.45, 2.75) is 51.5 Å². The molecular weight excluding hydrogens is 492 g/mol. The number of hydrogen-bond donors (Lipinski definition) is 3. The number of aromatic amines is 1. The SMILES string of the molecule is C=O.C=O.COc1ccc2nc(NC(=O)CCc3ccccc3)[nH]c2c1.Cc1ccc(NC2CCCC2)cc1. The fourth-order valence-electron chi connectivity index (χ4n) is 4.23. The van der Waals surface area contributed by atoms with E-state index in [-0.39, 0.29) is 5.91 Å². The first kappa shape index (κ1) is 30.8. The number of amides is 1. The Balaban J connectivity index is 0.000000267. The monoisotopic (exact) mass is 530 g/mol. The normalized spacial score (nSPS) is 12.1. The third-order valence-corrected chi connectivity index (χ3v) is 6.21. The number of benzene rings is 3. The lowest BCUT2D eigenvalue weighted by Gasteiger charge is -2.13. The van der Waals surface area contributed by atoms with E-state index in [0.29, 0.717) is 18.8 Å². The molecule has 5 rings (SSSR count). The van der Waals surface area contributed by atoms with Crippen molar-refractivity contribution in [2.24, 2.45) is 0 Å². The van der Waals surface area contributed by atoms with Crippen LogP contribution in [0.5, 0.6) is 5.75 Å². The molecule has 8 nitrogen and oxygen atoms in total. The highest BCUT2D eigenvalue weighted by Crippen LogP contribution is 2.22. The highest BCUT2D eigenvalue weighted by Gasteiger charge is 2.13. The van der Waals surface area contributed by atoms with Gasteiger partial charge in [-0.3, -0.25) is 10.1 Å². The van der Waals surface area contributed by atoms with Crippen molar-refractivity contribution in [3.8, 4) is 5.75 Å². The number of H-pyrrole nitrogens is 1. The van der Waals surface area contributed by atoms with E-state index in [0.717, 1.165) is 28.4 Å². The molecule has 1 aliphatic rings. The van der Waals surface area contributed by atoms with Gasteiger partial charge in [0.05, 0.1) is 18.1 Å². The maximum atomic E-state index is 12.0. The van der Waals surface area contributed by atoms with Gasteiger partial charge in [-0.2, -0.15) is 0 Å². The van der Waals surface area contributed by atoms with Gasteiger partial charge in [-0.15, -0.1) is 0 Å². The van der Waals surface area contributed by atoms with Gasteiger partial charge in [-0.1, -0.05) is 60.9 Å². The largest absolute Gasteiger partial charge is 0.497 e. The molecule has 4 aromatic rings. The predicted octanol–water partition coefficient (Wildman–Crippen LogP) is 6.12. The van der Waals surface area contributed by atoms with E-state index in [1.807, 2.05) is 62.1 Å². The Morgan fingerprint density at radius 1 is 0.974 bits per heavy atom. The van der Waals surface area contributed by atoms with E-state index in [9.17, 15) is 4.79 Å². The topological polar surface area (TPSA) is 113 Å². The second kappa shape index (κ2) is 17.1. The Kier molecular flexibility index (Phi) is 13.5.